The Bertz CT molecular complexity index is 641. The molecule has 0 N–H and O–H groups in total. The Morgan fingerprint density at radius 3 is 2.59 bits per heavy atom. The molecule has 1 aromatic heterocycles. The first kappa shape index (κ1) is 17.7. The number of furan rings is 1. The molecular formula is C22H32N2O3. The summed E-state index contributed by atoms with van der Waals surface area (Å²) in [6, 6.07) is 2.38. The van der Waals surface area contributed by atoms with E-state index < -0.39 is 0 Å². The lowest BCUT2D eigenvalue weighted by molar-refractivity contribution is -0.202. The molecule has 1 spiro atoms. The Balaban J connectivity index is 1.20. The maximum Gasteiger partial charge on any atom is 0.257 e. The van der Waals surface area contributed by atoms with Crippen LogP contribution in [0.2, 0.25) is 0 Å². The van der Waals surface area contributed by atoms with Crippen molar-refractivity contribution in [3.8, 4) is 0 Å². The summed E-state index contributed by atoms with van der Waals surface area (Å²) in [7, 11) is 0. The van der Waals surface area contributed by atoms with Gasteiger partial charge in [0.05, 0.1) is 17.9 Å². The molecule has 5 nitrogen and oxygen atoms in total. The molecule has 2 aliphatic heterocycles. The molecule has 2 saturated carbocycles. The molecule has 4 fully saturated rings. The van der Waals surface area contributed by atoms with Gasteiger partial charge in [-0.1, -0.05) is 19.3 Å². The van der Waals surface area contributed by atoms with Gasteiger partial charge in [0.15, 0.2) is 0 Å². The second kappa shape index (κ2) is 7.25. The normalized spacial score (nSPS) is 29.0. The number of piperidine rings is 1. The number of nitrogens with zero attached hydrogens (tertiary/aromatic N) is 2. The third-order valence-corrected chi connectivity index (χ3v) is 7.44. The van der Waals surface area contributed by atoms with Crippen molar-refractivity contribution in [2.24, 2.45) is 5.92 Å². The Kier molecular flexibility index (Phi) is 4.76. The Morgan fingerprint density at radius 2 is 1.93 bits per heavy atom. The summed E-state index contributed by atoms with van der Waals surface area (Å²) < 4.78 is 11.5. The van der Waals surface area contributed by atoms with Crippen molar-refractivity contribution in [1.29, 1.82) is 0 Å². The number of hydrogen-bond donors (Lipinski definition) is 0. The Labute approximate surface area is 162 Å². The lowest BCUT2D eigenvalue weighted by Gasteiger charge is -2.63. The molecule has 5 rings (SSSR count). The third-order valence-electron chi connectivity index (χ3n) is 7.44. The van der Waals surface area contributed by atoms with E-state index in [1.54, 1.807) is 18.6 Å². The summed E-state index contributed by atoms with van der Waals surface area (Å²) in [6.07, 6.45) is 15.2. The molecule has 2 saturated heterocycles. The van der Waals surface area contributed by atoms with Crippen LogP contribution in [0.4, 0.5) is 0 Å². The van der Waals surface area contributed by atoms with Crippen molar-refractivity contribution in [3.63, 3.8) is 0 Å². The van der Waals surface area contributed by atoms with Crippen molar-refractivity contribution >= 4 is 5.91 Å². The average molecular weight is 373 g/mol. The zero-order valence-corrected chi connectivity index (χ0v) is 16.3. The molecule has 5 heteroatoms. The predicted molar refractivity (Wildman–Crippen MR) is 103 cm³/mol. The van der Waals surface area contributed by atoms with Crippen LogP contribution in [0.1, 0.15) is 68.1 Å². The quantitative estimate of drug-likeness (QED) is 0.791. The molecule has 1 unspecified atom stereocenters. The summed E-state index contributed by atoms with van der Waals surface area (Å²) in [4.78, 5) is 17.3. The SMILES string of the molecule is O=C(c1ccoc1)N1CCC(N2CC(OCC3CC3)C23CCCCC3)CC1. The number of likely N-dealkylation sites (tertiary alicyclic amines) is 2. The minimum atomic E-state index is 0.115. The molecule has 1 amide bonds. The number of amides is 1. The highest BCUT2D eigenvalue weighted by atomic mass is 16.5. The van der Waals surface area contributed by atoms with Gasteiger partial charge >= 0.3 is 0 Å². The van der Waals surface area contributed by atoms with Gasteiger partial charge in [-0.3, -0.25) is 9.69 Å². The highest BCUT2D eigenvalue weighted by molar-refractivity contribution is 5.93. The number of carbonyl (C=O) groups is 1. The van der Waals surface area contributed by atoms with Gasteiger partial charge in [-0.25, -0.2) is 0 Å². The van der Waals surface area contributed by atoms with E-state index in [1.165, 1.54) is 44.9 Å². The van der Waals surface area contributed by atoms with Crippen LogP contribution in [0.15, 0.2) is 23.0 Å². The summed E-state index contributed by atoms with van der Waals surface area (Å²) in [5.74, 6) is 0.959. The molecule has 27 heavy (non-hydrogen) atoms. The lowest BCUT2D eigenvalue weighted by atomic mass is 9.69. The van der Waals surface area contributed by atoms with Crippen molar-refractivity contribution in [2.45, 2.75) is 75.5 Å². The molecule has 0 aromatic carbocycles. The number of ether oxygens (including phenoxy) is 1. The van der Waals surface area contributed by atoms with E-state index in [1.807, 2.05) is 4.90 Å². The van der Waals surface area contributed by atoms with E-state index in [-0.39, 0.29) is 5.91 Å². The van der Waals surface area contributed by atoms with Gasteiger partial charge in [0.2, 0.25) is 0 Å². The molecule has 4 aliphatic rings. The van der Waals surface area contributed by atoms with E-state index in [4.69, 9.17) is 9.15 Å². The summed E-state index contributed by atoms with van der Waals surface area (Å²) in [6.45, 7) is 3.80. The number of hydrogen-bond acceptors (Lipinski definition) is 4. The zero-order chi connectivity index (χ0) is 18.3. The molecule has 2 aliphatic carbocycles. The smallest absolute Gasteiger partial charge is 0.257 e. The Hall–Kier alpha value is -1.33. The second-order valence-corrected chi connectivity index (χ2v) is 9.12. The van der Waals surface area contributed by atoms with Crippen LogP contribution in [0.25, 0.3) is 0 Å². The fraction of sp³-hybridized carbons (Fsp3) is 0.773. The van der Waals surface area contributed by atoms with Crippen LogP contribution < -0.4 is 0 Å². The molecule has 148 valence electrons. The van der Waals surface area contributed by atoms with Crippen LogP contribution in [0.3, 0.4) is 0 Å². The maximum atomic E-state index is 12.6. The van der Waals surface area contributed by atoms with Gasteiger partial charge in [0, 0.05) is 37.8 Å². The van der Waals surface area contributed by atoms with Crippen LogP contribution in [-0.4, -0.2) is 59.6 Å². The molecule has 3 heterocycles. The molecule has 1 atom stereocenters. The van der Waals surface area contributed by atoms with Crippen molar-refractivity contribution in [1.82, 2.24) is 9.80 Å². The summed E-state index contributed by atoms with van der Waals surface area (Å²) in [5, 5.41) is 0. The number of rotatable bonds is 5. The first-order valence-corrected chi connectivity index (χ1v) is 11.0. The van der Waals surface area contributed by atoms with Crippen LogP contribution in [0, 0.1) is 5.92 Å². The standard InChI is InChI=1S/C22H32N2O3/c25-21(18-8-13-26-16-18)23-11-6-19(7-12-23)24-14-20(27-15-17-4-5-17)22(24)9-2-1-3-10-22/h8,13,16-17,19-20H,1-7,9-12,14-15H2. The minimum absolute atomic E-state index is 0.115. The summed E-state index contributed by atoms with van der Waals surface area (Å²) >= 11 is 0. The second-order valence-electron chi connectivity index (χ2n) is 9.12. The van der Waals surface area contributed by atoms with Crippen molar-refractivity contribution in [2.75, 3.05) is 26.2 Å². The van der Waals surface area contributed by atoms with Gasteiger partial charge in [0.1, 0.15) is 6.26 Å². The fourth-order valence-electron chi connectivity index (χ4n) is 5.58. The number of carbonyl (C=O) groups excluding carboxylic acids is 1. The van der Waals surface area contributed by atoms with Crippen molar-refractivity contribution < 1.29 is 13.9 Å². The highest BCUT2D eigenvalue weighted by Crippen LogP contribution is 2.48. The molecule has 0 radical (unpaired) electrons. The van der Waals surface area contributed by atoms with Gasteiger partial charge in [-0.15, -0.1) is 0 Å². The molecule has 1 aromatic rings. The fourth-order valence-corrected chi connectivity index (χ4v) is 5.58. The Morgan fingerprint density at radius 1 is 1.15 bits per heavy atom. The zero-order valence-electron chi connectivity index (χ0n) is 16.3. The van der Waals surface area contributed by atoms with Gasteiger partial charge in [-0.05, 0) is 50.5 Å². The van der Waals surface area contributed by atoms with Gasteiger partial charge in [-0.2, -0.15) is 0 Å². The first-order chi connectivity index (χ1) is 13.3. The van der Waals surface area contributed by atoms with E-state index in [9.17, 15) is 4.79 Å². The topological polar surface area (TPSA) is 45.9 Å². The lowest BCUT2D eigenvalue weighted by Crippen LogP contribution is -2.75. The molecular weight excluding hydrogens is 340 g/mol. The van der Waals surface area contributed by atoms with Crippen LogP contribution in [0.5, 0.6) is 0 Å². The van der Waals surface area contributed by atoms with E-state index in [2.05, 4.69) is 4.90 Å². The third kappa shape index (κ3) is 3.33. The first-order valence-electron chi connectivity index (χ1n) is 11.0. The van der Waals surface area contributed by atoms with Gasteiger partial charge < -0.3 is 14.1 Å². The molecule has 0 bridgehead atoms. The van der Waals surface area contributed by atoms with E-state index in [0.717, 1.165) is 45.0 Å². The van der Waals surface area contributed by atoms with Gasteiger partial charge in [0.25, 0.3) is 5.91 Å². The van der Waals surface area contributed by atoms with E-state index >= 15 is 0 Å². The maximum absolute atomic E-state index is 12.6. The van der Waals surface area contributed by atoms with Crippen molar-refractivity contribution in [3.05, 3.63) is 24.2 Å². The highest BCUT2D eigenvalue weighted by Gasteiger charge is 2.56. The summed E-state index contributed by atoms with van der Waals surface area (Å²) in [5.41, 5.74) is 0.976. The van der Waals surface area contributed by atoms with Crippen LogP contribution >= 0.6 is 0 Å². The largest absolute Gasteiger partial charge is 0.472 e. The predicted octanol–water partition coefficient (Wildman–Crippen LogP) is 3.70. The monoisotopic (exact) mass is 372 g/mol. The average Bonchev–Trinajstić information content (AvgIpc) is 3.38. The minimum Gasteiger partial charge on any atom is -0.472 e. The van der Waals surface area contributed by atoms with Crippen LogP contribution in [-0.2, 0) is 4.74 Å². The van der Waals surface area contributed by atoms with E-state index in [0.29, 0.717) is 23.2 Å².